The van der Waals surface area contributed by atoms with E-state index in [4.69, 9.17) is 0 Å². The third-order valence-corrected chi connectivity index (χ3v) is 18.4. The van der Waals surface area contributed by atoms with Crippen LogP contribution in [0.1, 0.15) is 0 Å². The van der Waals surface area contributed by atoms with Crippen molar-refractivity contribution >= 4 is 35.7 Å². The van der Waals surface area contributed by atoms with Crippen LogP contribution in [-0.4, -0.2) is 23.6 Å². The molecule has 42 heavy (non-hydrogen) atoms. The summed E-state index contributed by atoms with van der Waals surface area (Å²) in [5.74, 6) is 0. The first-order valence-corrected chi connectivity index (χ1v) is 18.9. The molecule has 0 saturated carbocycles. The molecule has 6 rings (SSSR count). The lowest BCUT2D eigenvalue weighted by molar-refractivity contribution is 1.29. The lowest BCUT2D eigenvalue weighted by Gasteiger charge is -2.36. The van der Waals surface area contributed by atoms with Crippen molar-refractivity contribution in [2.24, 2.45) is 0 Å². The minimum absolute atomic E-state index is 0.313. The quantitative estimate of drug-likeness (QED) is 0.174. The summed E-state index contributed by atoms with van der Waals surface area (Å²) >= 11 is 0. The molecule has 206 valence electrons. The van der Waals surface area contributed by atoms with Crippen LogP contribution in [0.5, 0.6) is 0 Å². The summed E-state index contributed by atoms with van der Waals surface area (Å²) in [7, 11) is -3.91. The third kappa shape index (κ3) is 5.63. The number of allylic oxidation sites excluding steroid dienone is 12. The van der Waals surface area contributed by atoms with Crippen LogP contribution in [0.25, 0.3) is 0 Å². The van der Waals surface area contributed by atoms with Gasteiger partial charge in [0.1, 0.15) is 44.9 Å². The Labute approximate surface area is 252 Å². The highest BCUT2D eigenvalue weighted by Crippen LogP contribution is 2.68. The summed E-state index contributed by atoms with van der Waals surface area (Å²) in [6.07, 6.45) is 29.7. The topological polar surface area (TPSA) is 0 Å². The Morgan fingerprint density at radius 2 is 0.548 bits per heavy atom. The highest BCUT2D eigenvalue weighted by molar-refractivity contribution is 7.93. The van der Waals surface area contributed by atoms with Gasteiger partial charge in [0.05, 0.1) is 14.5 Å². The van der Waals surface area contributed by atoms with Gasteiger partial charge in [-0.15, -0.1) is 0 Å². The van der Waals surface area contributed by atoms with Gasteiger partial charge >= 0.3 is 0 Å². The van der Waals surface area contributed by atoms with E-state index in [-0.39, 0.29) is 0 Å². The number of benzene rings is 4. The first kappa shape index (κ1) is 28.3. The molecule has 4 aromatic carbocycles. The van der Waals surface area contributed by atoms with E-state index in [2.05, 4.69) is 194 Å². The van der Waals surface area contributed by atoms with Crippen molar-refractivity contribution in [3.05, 3.63) is 194 Å². The molecule has 0 amide bonds. The molecule has 0 atom stereocenters. The van der Waals surface area contributed by atoms with E-state index in [0.717, 1.165) is 12.3 Å². The predicted octanol–water partition coefficient (Wildman–Crippen LogP) is 8.43. The second-order valence-electron chi connectivity index (χ2n) is 10.8. The molecule has 0 saturated heterocycles. The summed E-state index contributed by atoms with van der Waals surface area (Å²) in [6.45, 7) is 0. The molecule has 2 aliphatic rings. The van der Waals surface area contributed by atoms with E-state index in [1.807, 2.05) is 0 Å². The molecule has 4 aromatic rings. The van der Waals surface area contributed by atoms with Crippen molar-refractivity contribution in [3.8, 4) is 0 Å². The molecule has 0 bridgehead atoms. The Morgan fingerprint density at radius 3 is 0.786 bits per heavy atom. The molecule has 2 aliphatic carbocycles. The fourth-order valence-corrected chi connectivity index (χ4v) is 17.1. The summed E-state index contributed by atoms with van der Waals surface area (Å²) in [6, 6.07) is 45.6. The van der Waals surface area contributed by atoms with Crippen LogP contribution in [0.15, 0.2) is 194 Å². The predicted molar refractivity (Wildman–Crippen MR) is 190 cm³/mol. The Morgan fingerprint density at radius 1 is 0.310 bits per heavy atom. The van der Waals surface area contributed by atoms with Crippen molar-refractivity contribution in [1.82, 2.24) is 0 Å². The minimum atomic E-state index is -1.95. The van der Waals surface area contributed by atoms with E-state index in [9.17, 15) is 0 Å². The molecule has 0 unspecified atom stereocenters. The standard InChI is InChI=1S/C40H38P2/c1-2-10-22-35(21-9-1)41(37-25-13-5-14-26-37,38-27-15-6-16-28-38)33-34-42(39-29-17-7-18-30-39,40-31-19-8-20-32-40)36-23-11-3-4-12-24-36/h1-32,35-36H,33-34H2/q+2. The SMILES string of the molecule is C1=CC=CC([P+](CC[P+](c2ccccc2)(c2ccccc2)C2C=CC=CC=C2)(c2ccccc2)c2ccccc2)C=C1. The maximum Gasteiger partial charge on any atom is 0.116 e. The smallest absolute Gasteiger partial charge is 0.0624 e. The highest BCUT2D eigenvalue weighted by Gasteiger charge is 2.55. The monoisotopic (exact) mass is 580 g/mol. The zero-order valence-corrected chi connectivity index (χ0v) is 25.7. The fraction of sp³-hybridized carbons (Fsp3) is 0.100. The van der Waals surface area contributed by atoms with Crippen molar-refractivity contribution in [2.45, 2.75) is 11.3 Å². The summed E-state index contributed by atoms with van der Waals surface area (Å²) in [4.78, 5) is 0. The molecule has 0 heterocycles. The zero-order valence-electron chi connectivity index (χ0n) is 23.9. The average Bonchev–Trinajstić information content (AvgIpc) is 3.52. The maximum atomic E-state index is 2.45. The van der Waals surface area contributed by atoms with Crippen LogP contribution in [0.4, 0.5) is 0 Å². The van der Waals surface area contributed by atoms with Crippen LogP contribution in [0.2, 0.25) is 0 Å². The van der Waals surface area contributed by atoms with E-state index >= 15 is 0 Å². The first-order valence-electron chi connectivity index (χ1n) is 14.9. The fourth-order valence-electron chi connectivity index (χ4n) is 6.58. The van der Waals surface area contributed by atoms with Crippen molar-refractivity contribution < 1.29 is 0 Å². The second kappa shape index (κ2) is 13.4. The normalized spacial score (nSPS) is 15.5. The van der Waals surface area contributed by atoms with Gasteiger partial charge in [-0.1, -0.05) is 121 Å². The van der Waals surface area contributed by atoms with Gasteiger partial charge in [-0.3, -0.25) is 0 Å². The second-order valence-corrected chi connectivity index (χ2v) is 18.4. The van der Waals surface area contributed by atoms with Crippen LogP contribution in [0, 0.1) is 0 Å². The zero-order chi connectivity index (χ0) is 28.5. The summed E-state index contributed by atoms with van der Waals surface area (Å²) in [5, 5.41) is 5.91. The van der Waals surface area contributed by atoms with E-state index in [1.165, 1.54) is 21.2 Å². The molecular formula is C40H38P2+2. The Hall–Kier alpha value is -3.82. The largest absolute Gasteiger partial charge is 0.116 e. The molecule has 0 aromatic heterocycles. The van der Waals surface area contributed by atoms with Gasteiger partial charge in [-0.05, 0) is 72.8 Å². The Kier molecular flexibility index (Phi) is 9.06. The van der Waals surface area contributed by atoms with Gasteiger partial charge in [0.2, 0.25) is 0 Å². The van der Waals surface area contributed by atoms with Gasteiger partial charge in [0, 0.05) is 0 Å². The summed E-state index contributed by atoms with van der Waals surface area (Å²) < 4.78 is 0. The molecular weight excluding hydrogens is 542 g/mol. The maximum absolute atomic E-state index is 2.45. The average molecular weight is 581 g/mol. The molecule has 0 N–H and O–H groups in total. The number of rotatable bonds is 9. The number of hydrogen-bond acceptors (Lipinski definition) is 0. The Bertz CT molecular complexity index is 1370. The first-order chi connectivity index (χ1) is 20.8. The van der Waals surface area contributed by atoms with Gasteiger partial charge in [0.15, 0.2) is 0 Å². The molecule has 0 spiro atoms. The van der Waals surface area contributed by atoms with Crippen LogP contribution >= 0.6 is 14.5 Å². The Balaban J connectivity index is 1.59. The van der Waals surface area contributed by atoms with E-state index < -0.39 is 14.5 Å². The molecule has 2 heteroatoms. The van der Waals surface area contributed by atoms with Gasteiger partial charge < -0.3 is 0 Å². The lowest BCUT2D eigenvalue weighted by Crippen LogP contribution is -2.38. The third-order valence-electron chi connectivity index (χ3n) is 8.59. The van der Waals surface area contributed by atoms with Gasteiger partial charge in [-0.25, -0.2) is 0 Å². The van der Waals surface area contributed by atoms with Crippen molar-refractivity contribution in [3.63, 3.8) is 0 Å². The van der Waals surface area contributed by atoms with E-state index in [0.29, 0.717) is 11.3 Å². The summed E-state index contributed by atoms with van der Waals surface area (Å²) in [5.41, 5.74) is 0.625. The van der Waals surface area contributed by atoms with Gasteiger partial charge in [0.25, 0.3) is 0 Å². The molecule has 0 fully saturated rings. The van der Waals surface area contributed by atoms with Crippen molar-refractivity contribution in [2.75, 3.05) is 12.3 Å². The van der Waals surface area contributed by atoms with Crippen LogP contribution < -0.4 is 21.2 Å². The van der Waals surface area contributed by atoms with Crippen LogP contribution in [-0.2, 0) is 0 Å². The van der Waals surface area contributed by atoms with Gasteiger partial charge in [-0.2, -0.15) is 0 Å². The van der Waals surface area contributed by atoms with Crippen molar-refractivity contribution in [1.29, 1.82) is 0 Å². The number of hydrogen-bond donors (Lipinski definition) is 0. The van der Waals surface area contributed by atoms with E-state index in [1.54, 1.807) is 0 Å². The minimum Gasteiger partial charge on any atom is -0.0624 e. The molecule has 0 nitrogen and oxygen atoms in total. The lowest BCUT2D eigenvalue weighted by atomic mass is 10.3. The highest BCUT2D eigenvalue weighted by atomic mass is 31.2. The van der Waals surface area contributed by atoms with Crippen LogP contribution in [0.3, 0.4) is 0 Å². The molecule has 0 aliphatic heterocycles. The molecule has 0 radical (unpaired) electrons.